The van der Waals surface area contributed by atoms with E-state index in [1.807, 2.05) is 0 Å². The quantitative estimate of drug-likeness (QED) is 0.610. The number of aromatic nitrogens is 4. The van der Waals surface area contributed by atoms with Gasteiger partial charge in [0.1, 0.15) is 6.10 Å². The van der Waals surface area contributed by atoms with Gasteiger partial charge in [-0.25, -0.2) is 4.79 Å². The molecule has 1 saturated carbocycles. The zero-order valence-corrected chi connectivity index (χ0v) is 17.2. The number of hydrogen-bond donors (Lipinski definition) is 3. The SMILES string of the molecule is C[C@@H](CC(F)(F)F)NC(=O)O[C@@H]1CC[C@H](c2cc(NC(=O)Cc3cnn(C)c3)n[nH]2)C1. The van der Waals surface area contributed by atoms with Gasteiger partial charge in [0.15, 0.2) is 5.82 Å². The number of halogens is 3. The number of nitrogens with zero attached hydrogens (tertiary/aromatic N) is 3. The summed E-state index contributed by atoms with van der Waals surface area (Å²) in [5, 5.41) is 15.9. The van der Waals surface area contributed by atoms with E-state index in [-0.39, 0.29) is 18.2 Å². The van der Waals surface area contributed by atoms with E-state index < -0.39 is 30.8 Å². The monoisotopic (exact) mass is 442 g/mol. The highest BCUT2D eigenvalue weighted by Crippen LogP contribution is 2.36. The fraction of sp³-hybridized carbons (Fsp3) is 0.579. The Balaban J connectivity index is 1.44. The van der Waals surface area contributed by atoms with E-state index in [0.29, 0.717) is 18.7 Å². The summed E-state index contributed by atoms with van der Waals surface area (Å²) in [6.07, 6.45) is -1.32. The topological polar surface area (TPSA) is 114 Å². The first-order valence-electron chi connectivity index (χ1n) is 9.94. The first-order chi connectivity index (χ1) is 14.6. The summed E-state index contributed by atoms with van der Waals surface area (Å²) in [7, 11) is 1.77. The minimum absolute atomic E-state index is 0.0434. The van der Waals surface area contributed by atoms with Crippen LogP contribution in [0, 0.1) is 0 Å². The normalized spacial score (nSPS) is 19.8. The molecule has 1 aliphatic rings. The minimum atomic E-state index is -4.35. The lowest BCUT2D eigenvalue weighted by molar-refractivity contribution is -0.138. The summed E-state index contributed by atoms with van der Waals surface area (Å²) in [6, 6.07) is 0.676. The van der Waals surface area contributed by atoms with Crippen LogP contribution in [-0.4, -0.2) is 50.3 Å². The molecule has 170 valence electrons. The van der Waals surface area contributed by atoms with Crippen molar-refractivity contribution in [2.75, 3.05) is 5.32 Å². The van der Waals surface area contributed by atoms with Crippen molar-refractivity contribution >= 4 is 17.8 Å². The van der Waals surface area contributed by atoms with Crippen molar-refractivity contribution < 1.29 is 27.5 Å². The van der Waals surface area contributed by atoms with Gasteiger partial charge in [-0.05, 0) is 31.7 Å². The van der Waals surface area contributed by atoms with Gasteiger partial charge in [0.05, 0.1) is 19.0 Å². The van der Waals surface area contributed by atoms with Crippen molar-refractivity contribution in [1.29, 1.82) is 0 Å². The third kappa shape index (κ3) is 7.00. The highest BCUT2D eigenvalue weighted by atomic mass is 19.4. The van der Waals surface area contributed by atoms with E-state index >= 15 is 0 Å². The number of amides is 2. The van der Waals surface area contributed by atoms with Crippen LogP contribution >= 0.6 is 0 Å². The molecule has 12 heteroatoms. The van der Waals surface area contributed by atoms with Gasteiger partial charge in [-0.3, -0.25) is 14.6 Å². The number of carbonyl (C=O) groups is 2. The average Bonchev–Trinajstić information content (AvgIpc) is 3.34. The molecule has 0 bridgehead atoms. The van der Waals surface area contributed by atoms with E-state index in [0.717, 1.165) is 17.7 Å². The molecule has 31 heavy (non-hydrogen) atoms. The van der Waals surface area contributed by atoms with Gasteiger partial charge in [0.25, 0.3) is 0 Å². The maximum absolute atomic E-state index is 12.4. The van der Waals surface area contributed by atoms with Crippen LogP contribution in [-0.2, 0) is 23.0 Å². The third-order valence-corrected chi connectivity index (χ3v) is 4.99. The largest absolute Gasteiger partial charge is 0.446 e. The van der Waals surface area contributed by atoms with Gasteiger partial charge in [0, 0.05) is 37.0 Å². The summed E-state index contributed by atoms with van der Waals surface area (Å²) >= 11 is 0. The second-order valence-corrected chi connectivity index (χ2v) is 7.86. The van der Waals surface area contributed by atoms with Gasteiger partial charge in [0.2, 0.25) is 5.91 Å². The summed E-state index contributed by atoms with van der Waals surface area (Å²) in [5.41, 5.74) is 1.59. The molecule has 0 aromatic carbocycles. The summed E-state index contributed by atoms with van der Waals surface area (Å²) in [4.78, 5) is 24.0. The summed E-state index contributed by atoms with van der Waals surface area (Å²) in [5.74, 6) is 0.220. The van der Waals surface area contributed by atoms with Crippen molar-refractivity contribution in [2.24, 2.45) is 7.05 Å². The lowest BCUT2D eigenvalue weighted by Gasteiger charge is -2.18. The molecule has 1 fully saturated rings. The smallest absolute Gasteiger partial charge is 0.407 e. The zero-order valence-electron chi connectivity index (χ0n) is 17.2. The number of anilines is 1. The number of nitrogens with one attached hydrogen (secondary N) is 3. The van der Waals surface area contributed by atoms with Crippen LogP contribution in [0.2, 0.25) is 0 Å². The average molecular weight is 442 g/mol. The molecule has 0 radical (unpaired) electrons. The van der Waals surface area contributed by atoms with Gasteiger partial charge in [-0.1, -0.05) is 0 Å². The third-order valence-electron chi connectivity index (χ3n) is 4.99. The van der Waals surface area contributed by atoms with Crippen LogP contribution < -0.4 is 10.6 Å². The van der Waals surface area contributed by atoms with Crippen LogP contribution in [0.25, 0.3) is 0 Å². The molecule has 0 aliphatic heterocycles. The summed E-state index contributed by atoms with van der Waals surface area (Å²) in [6.45, 7) is 1.28. The number of aromatic amines is 1. The Morgan fingerprint density at radius 2 is 2.16 bits per heavy atom. The van der Waals surface area contributed by atoms with E-state index in [1.54, 1.807) is 30.2 Å². The van der Waals surface area contributed by atoms with Gasteiger partial charge in [-0.15, -0.1) is 0 Å². The Labute approximate surface area is 176 Å². The molecule has 2 amide bonds. The van der Waals surface area contributed by atoms with Crippen LogP contribution in [0.3, 0.4) is 0 Å². The Morgan fingerprint density at radius 1 is 1.39 bits per heavy atom. The Bertz CT molecular complexity index is 910. The Kier molecular flexibility index (Phi) is 6.86. The molecular weight excluding hydrogens is 417 g/mol. The van der Waals surface area contributed by atoms with Crippen LogP contribution in [0.15, 0.2) is 18.5 Å². The van der Waals surface area contributed by atoms with Crippen LogP contribution in [0.4, 0.5) is 23.8 Å². The Morgan fingerprint density at radius 3 is 2.84 bits per heavy atom. The van der Waals surface area contributed by atoms with Crippen molar-refractivity contribution in [2.45, 2.75) is 63.3 Å². The molecule has 0 unspecified atom stereocenters. The van der Waals surface area contributed by atoms with Gasteiger partial charge in [-0.2, -0.15) is 23.4 Å². The summed E-state index contributed by atoms with van der Waals surface area (Å²) < 4.78 is 44.0. The lowest BCUT2D eigenvalue weighted by atomic mass is 10.0. The van der Waals surface area contributed by atoms with Crippen molar-refractivity contribution in [3.05, 3.63) is 29.7 Å². The lowest BCUT2D eigenvalue weighted by Crippen LogP contribution is -2.37. The number of carbonyl (C=O) groups excluding carboxylic acids is 2. The zero-order chi connectivity index (χ0) is 22.6. The first kappa shape index (κ1) is 22.6. The van der Waals surface area contributed by atoms with Gasteiger partial charge >= 0.3 is 12.3 Å². The predicted molar refractivity (Wildman–Crippen MR) is 104 cm³/mol. The van der Waals surface area contributed by atoms with Gasteiger partial charge < -0.3 is 15.4 Å². The Hall–Kier alpha value is -3.05. The molecule has 3 rings (SSSR count). The second-order valence-electron chi connectivity index (χ2n) is 7.86. The number of ether oxygens (including phenoxy) is 1. The number of alkyl carbamates (subject to hydrolysis) is 1. The fourth-order valence-electron chi connectivity index (χ4n) is 3.66. The van der Waals surface area contributed by atoms with E-state index in [1.165, 1.54) is 6.92 Å². The number of H-pyrrole nitrogens is 1. The van der Waals surface area contributed by atoms with Crippen LogP contribution in [0.1, 0.15) is 49.8 Å². The molecule has 3 atom stereocenters. The number of alkyl halides is 3. The number of rotatable bonds is 7. The number of aryl methyl sites for hydroxylation is 1. The molecule has 2 aromatic heterocycles. The molecule has 0 spiro atoms. The minimum Gasteiger partial charge on any atom is -0.446 e. The predicted octanol–water partition coefficient (Wildman–Crippen LogP) is 3.03. The second kappa shape index (κ2) is 9.40. The molecule has 2 heterocycles. The molecule has 0 saturated heterocycles. The maximum atomic E-state index is 12.4. The molecular formula is C19H25F3N6O3. The molecule has 1 aliphatic carbocycles. The maximum Gasteiger partial charge on any atom is 0.407 e. The highest BCUT2D eigenvalue weighted by molar-refractivity contribution is 5.91. The van der Waals surface area contributed by atoms with E-state index in [2.05, 4.69) is 25.9 Å². The van der Waals surface area contributed by atoms with E-state index in [9.17, 15) is 22.8 Å². The highest BCUT2D eigenvalue weighted by Gasteiger charge is 2.33. The molecule has 2 aromatic rings. The van der Waals surface area contributed by atoms with Crippen molar-refractivity contribution in [1.82, 2.24) is 25.3 Å². The first-order valence-corrected chi connectivity index (χ1v) is 9.94. The molecule has 9 nitrogen and oxygen atoms in total. The molecule has 3 N–H and O–H groups in total. The van der Waals surface area contributed by atoms with Crippen LogP contribution in [0.5, 0.6) is 0 Å². The number of hydrogen-bond acceptors (Lipinski definition) is 5. The standard InChI is InChI=1S/C19H25F3N6O3/c1-11(8-19(20,21)22)24-18(30)31-14-4-3-13(6-14)15-7-16(27-26-15)25-17(29)5-12-9-23-28(2)10-12/h7,9-11,13-14H,3-6,8H2,1-2H3,(H,24,30)(H2,25,26,27,29)/t11-,13-,14+/m0/s1. The van der Waals surface area contributed by atoms with Crippen molar-refractivity contribution in [3.63, 3.8) is 0 Å². The van der Waals surface area contributed by atoms with Crippen molar-refractivity contribution in [3.8, 4) is 0 Å². The van der Waals surface area contributed by atoms with E-state index in [4.69, 9.17) is 4.74 Å². The fourth-order valence-corrected chi connectivity index (χ4v) is 3.66.